The highest BCUT2D eigenvalue weighted by Gasteiger charge is 2.21. The molecule has 0 spiro atoms. The van der Waals surface area contributed by atoms with Gasteiger partial charge in [0.2, 0.25) is 0 Å². The number of aromatic nitrogens is 3. The molecule has 0 aliphatic carbocycles. The van der Waals surface area contributed by atoms with Crippen molar-refractivity contribution in [1.82, 2.24) is 14.1 Å². The molecular formula is C12H15N3O2. The lowest BCUT2D eigenvalue weighted by Gasteiger charge is -2.23. The zero-order valence-electron chi connectivity index (χ0n) is 9.80. The summed E-state index contributed by atoms with van der Waals surface area (Å²) in [7, 11) is 1.79. The fourth-order valence-electron chi connectivity index (χ4n) is 2.50. The number of hydrogen-bond acceptors (Lipinski definition) is 3. The molecule has 2 aromatic heterocycles. The lowest BCUT2D eigenvalue weighted by Crippen LogP contribution is -2.29. The lowest BCUT2D eigenvalue weighted by molar-refractivity contribution is 0.0696. The normalized spacial score (nSPS) is 17.7. The van der Waals surface area contributed by atoms with Crippen molar-refractivity contribution in [3.63, 3.8) is 0 Å². The number of rotatable bonds is 1. The van der Waals surface area contributed by atoms with E-state index in [0.717, 1.165) is 37.1 Å². The summed E-state index contributed by atoms with van der Waals surface area (Å²) in [6, 6.07) is 2.16. The van der Waals surface area contributed by atoms with Crippen molar-refractivity contribution in [3.8, 4) is 0 Å². The van der Waals surface area contributed by atoms with E-state index in [-0.39, 0.29) is 11.7 Å². The second kappa shape index (κ2) is 4.00. The maximum atomic E-state index is 12.2. The quantitative estimate of drug-likeness (QED) is 0.740. The highest BCUT2D eigenvalue weighted by atomic mass is 16.5. The Labute approximate surface area is 98.6 Å². The smallest absolute Gasteiger partial charge is 0.329 e. The SMILES string of the molecule is Cn1c(=O)n(C2CCOCC2)c2ccncc21. The van der Waals surface area contributed by atoms with Gasteiger partial charge in [0.25, 0.3) is 0 Å². The summed E-state index contributed by atoms with van der Waals surface area (Å²) in [5, 5.41) is 0. The van der Waals surface area contributed by atoms with Crippen molar-refractivity contribution in [2.45, 2.75) is 18.9 Å². The first-order valence-corrected chi connectivity index (χ1v) is 5.87. The van der Waals surface area contributed by atoms with Crippen LogP contribution in [-0.2, 0) is 11.8 Å². The van der Waals surface area contributed by atoms with Crippen LogP contribution in [-0.4, -0.2) is 27.3 Å². The molecule has 5 heteroatoms. The van der Waals surface area contributed by atoms with Crippen LogP contribution >= 0.6 is 0 Å². The Morgan fingerprint density at radius 2 is 2.12 bits per heavy atom. The molecule has 3 heterocycles. The minimum absolute atomic E-state index is 0.0416. The summed E-state index contributed by atoms with van der Waals surface area (Å²) in [5.41, 5.74) is 1.91. The largest absolute Gasteiger partial charge is 0.381 e. The Morgan fingerprint density at radius 3 is 2.88 bits per heavy atom. The van der Waals surface area contributed by atoms with Crippen LogP contribution < -0.4 is 5.69 Å². The first-order valence-electron chi connectivity index (χ1n) is 5.87. The molecule has 0 saturated carbocycles. The van der Waals surface area contributed by atoms with Crippen LogP contribution in [0.2, 0.25) is 0 Å². The van der Waals surface area contributed by atoms with E-state index < -0.39 is 0 Å². The van der Waals surface area contributed by atoms with E-state index in [1.54, 1.807) is 24.0 Å². The summed E-state index contributed by atoms with van der Waals surface area (Å²) in [4.78, 5) is 16.3. The molecular weight excluding hydrogens is 218 g/mol. The number of aryl methyl sites for hydroxylation is 1. The van der Waals surface area contributed by atoms with E-state index in [9.17, 15) is 4.79 Å². The van der Waals surface area contributed by atoms with Gasteiger partial charge in [-0.05, 0) is 18.9 Å². The fourth-order valence-corrected chi connectivity index (χ4v) is 2.50. The highest BCUT2D eigenvalue weighted by molar-refractivity contribution is 5.74. The van der Waals surface area contributed by atoms with Gasteiger partial charge in [0, 0.05) is 32.5 Å². The van der Waals surface area contributed by atoms with Crippen LogP contribution in [0.3, 0.4) is 0 Å². The fraction of sp³-hybridized carbons (Fsp3) is 0.500. The molecule has 1 saturated heterocycles. The van der Waals surface area contributed by atoms with Crippen molar-refractivity contribution in [1.29, 1.82) is 0 Å². The average Bonchev–Trinajstić information content (AvgIpc) is 2.64. The minimum Gasteiger partial charge on any atom is -0.381 e. The maximum absolute atomic E-state index is 12.2. The van der Waals surface area contributed by atoms with Crippen molar-refractivity contribution in [3.05, 3.63) is 28.9 Å². The molecule has 1 aliphatic rings. The number of pyridine rings is 1. The summed E-state index contributed by atoms with van der Waals surface area (Å²) in [6.07, 6.45) is 5.28. The number of hydrogen-bond donors (Lipinski definition) is 0. The van der Waals surface area contributed by atoms with E-state index in [1.807, 2.05) is 10.6 Å². The van der Waals surface area contributed by atoms with Crippen LogP contribution in [0, 0.1) is 0 Å². The molecule has 2 aromatic rings. The van der Waals surface area contributed by atoms with Gasteiger partial charge in [-0.1, -0.05) is 0 Å². The number of imidazole rings is 1. The van der Waals surface area contributed by atoms with Gasteiger partial charge in [-0.15, -0.1) is 0 Å². The molecule has 0 amide bonds. The van der Waals surface area contributed by atoms with Crippen molar-refractivity contribution >= 4 is 11.0 Å². The Hall–Kier alpha value is -1.62. The second-order valence-corrected chi connectivity index (χ2v) is 4.42. The zero-order valence-corrected chi connectivity index (χ0v) is 9.80. The van der Waals surface area contributed by atoms with Crippen LogP contribution in [0.25, 0.3) is 11.0 Å². The number of ether oxygens (including phenoxy) is 1. The van der Waals surface area contributed by atoms with Crippen LogP contribution in [0.5, 0.6) is 0 Å². The molecule has 5 nitrogen and oxygen atoms in total. The van der Waals surface area contributed by atoms with Gasteiger partial charge in [0.15, 0.2) is 0 Å². The predicted molar refractivity (Wildman–Crippen MR) is 64.1 cm³/mol. The van der Waals surface area contributed by atoms with E-state index in [2.05, 4.69) is 4.98 Å². The molecule has 17 heavy (non-hydrogen) atoms. The van der Waals surface area contributed by atoms with Gasteiger partial charge in [0.05, 0.1) is 17.2 Å². The minimum atomic E-state index is 0.0416. The van der Waals surface area contributed by atoms with Crippen LogP contribution in [0.4, 0.5) is 0 Å². The van der Waals surface area contributed by atoms with E-state index >= 15 is 0 Å². The molecule has 90 valence electrons. The average molecular weight is 233 g/mol. The van der Waals surface area contributed by atoms with E-state index in [1.165, 1.54) is 0 Å². The first-order chi connectivity index (χ1) is 8.29. The van der Waals surface area contributed by atoms with E-state index in [0.29, 0.717) is 0 Å². The molecule has 3 rings (SSSR count). The third kappa shape index (κ3) is 1.58. The molecule has 0 unspecified atom stereocenters. The van der Waals surface area contributed by atoms with Crippen LogP contribution in [0.15, 0.2) is 23.3 Å². The summed E-state index contributed by atoms with van der Waals surface area (Å²) in [5.74, 6) is 0. The van der Waals surface area contributed by atoms with Gasteiger partial charge < -0.3 is 4.74 Å². The Bertz CT molecular complexity index is 593. The van der Waals surface area contributed by atoms with Gasteiger partial charge in [-0.2, -0.15) is 0 Å². The predicted octanol–water partition coefficient (Wildman–Crippen LogP) is 1.09. The maximum Gasteiger partial charge on any atom is 0.329 e. The Balaban J connectivity index is 2.21. The zero-order chi connectivity index (χ0) is 11.8. The van der Waals surface area contributed by atoms with Crippen molar-refractivity contribution in [2.24, 2.45) is 7.05 Å². The topological polar surface area (TPSA) is 49.0 Å². The standard InChI is InChI=1S/C12H15N3O2/c1-14-11-8-13-5-2-10(11)15(12(14)16)9-3-6-17-7-4-9/h2,5,8-9H,3-4,6-7H2,1H3. The number of fused-ring (bicyclic) bond motifs is 1. The first kappa shape index (κ1) is 10.5. The lowest BCUT2D eigenvalue weighted by atomic mass is 10.1. The molecule has 0 aromatic carbocycles. The third-order valence-corrected chi connectivity index (χ3v) is 3.45. The molecule has 0 atom stereocenters. The van der Waals surface area contributed by atoms with Gasteiger partial charge in [-0.3, -0.25) is 14.1 Å². The van der Waals surface area contributed by atoms with E-state index in [4.69, 9.17) is 4.74 Å². The van der Waals surface area contributed by atoms with Crippen molar-refractivity contribution < 1.29 is 4.74 Å². The Morgan fingerprint density at radius 1 is 1.35 bits per heavy atom. The molecule has 0 N–H and O–H groups in total. The molecule has 1 fully saturated rings. The summed E-state index contributed by atoms with van der Waals surface area (Å²) in [6.45, 7) is 1.47. The van der Waals surface area contributed by atoms with Gasteiger partial charge in [-0.25, -0.2) is 4.79 Å². The van der Waals surface area contributed by atoms with Gasteiger partial charge >= 0.3 is 5.69 Å². The molecule has 0 radical (unpaired) electrons. The number of nitrogens with zero attached hydrogens (tertiary/aromatic N) is 3. The van der Waals surface area contributed by atoms with Gasteiger partial charge in [0.1, 0.15) is 0 Å². The Kier molecular flexibility index (Phi) is 2.48. The molecule has 1 aliphatic heterocycles. The monoisotopic (exact) mass is 233 g/mol. The molecule has 0 bridgehead atoms. The van der Waals surface area contributed by atoms with Crippen molar-refractivity contribution in [2.75, 3.05) is 13.2 Å². The third-order valence-electron chi connectivity index (χ3n) is 3.45. The van der Waals surface area contributed by atoms with Crippen LogP contribution in [0.1, 0.15) is 18.9 Å². The summed E-state index contributed by atoms with van der Waals surface area (Å²) < 4.78 is 8.90. The summed E-state index contributed by atoms with van der Waals surface area (Å²) >= 11 is 0. The highest BCUT2D eigenvalue weighted by Crippen LogP contribution is 2.23. The second-order valence-electron chi connectivity index (χ2n) is 4.42.